The first-order valence-electron chi connectivity index (χ1n) is 6.45. The van der Waals surface area contributed by atoms with Gasteiger partial charge in [-0.1, -0.05) is 6.92 Å². The number of rotatable bonds is 5. The average molecular weight is 267 g/mol. The van der Waals surface area contributed by atoms with Crippen LogP contribution in [0.4, 0.5) is 15.8 Å². The fourth-order valence-electron chi connectivity index (χ4n) is 1.57. The predicted octanol–water partition coefficient (Wildman–Crippen LogP) is 2.35. The number of hydrogen-bond donors (Lipinski definition) is 2. The Kier molecular flexibility index (Phi) is 5.30. The monoisotopic (exact) mass is 267 g/mol. The van der Waals surface area contributed by atoms with Crippen LogP contribution in [0.1, 0.15) is 27.2 Å². The van der Waals surface area contributed by atoms with Crippen LogP contribution in [0.3, 0.4) is 0 Å². The van der Waals surface area contributed by atoms with Gasteiger partial charge in [0.25, 0.3) is 0 Å². The van der Waals surface area contributed by atoms with Crippen molar-refractivity contribution >= 4 is 17.3 Å². The molecule has 0 fully saturated rings. The van der Waals surface area contributed by atoms with Gasteiger partial charge < -0.3 is 16.0 Å². The van der Waals surface area contributed by atoms with Crippen molar-refractivity contribution in [1.29, 1.82) is 0 Å². The zero-order valence-electron chi connectivity index (χ0n) is 11.9. The van der Waals surface area contributed by atoms with Crippen LogP contribution in [0.5, 0.6) is 0 Å². The summed E-state index contributed by atoms with van der Waals surface area (Å²) in [6, 6.07) is 4.28. The first-order chi connectivity index (χ1) is 8.86. The fourth-order valence-corrected chi connectivity index (χ4v) is 1.57. The quantitative estimate of drug-likeness (QED) is 0.861. The van der Waals surface area contributed by atoms with Crippen LogP contribution >= 0.6 is 0 Å². The van der Waals surface area contributed by atoms with E-state index in [9.17, 15) is 9.18 Å². The molecule has 19 heavy (non-hydrogen) atoms. The molecule has 1 atom stereocenters. The number of carbonyl (C=O) groups excluding carboxylic acids is 1. The Labute approximate surface area is 113 Å². The van der Waals surface area contributed by atoms with E-state index in [1.54, 1.807) is 12.1 Å². The van der Waals surface area contributed by atoms with Crippen LogP contribution < -0.4 is 16.0 Å². The van der Waals surface area contributed by atoms with Crippen molar-refractivity contribution in [2.75, 3.05) is 17.3 Å². The van der Waals surface area contributed by atoms with Gasteiger partial charge in [-0.05, 0) is 38.5 Å². The molecule has 0 bridgehead atoms. The number of anilines is 2. The molecule has 5 heteroatoms. The number of nitrogens with one attached hydrogen (secondary N) is 1. The summed E-state index contributed by atoms with van der Waals surface area (Å²) in [6.07, 6.45) is 0.544. The second kappa shape index (κ2) is 6.52. The van der Waals surface area contributed by atoms with Gasteiger partial charge >= 0.3 is 0 Å². The maximum absolute atomic E-state index is 14.0. The Balaban J connectivity index is 2.85. The van der Waals surface area contributed by atoms with Crippen molar-refractivity contribution in [2.24, 2.45) is 5.73 Å². The van der Waals surface area contributed by atoms with E-state index in [1.165, 1.54) is 6.07 Å². The zero-order chi connectivity index (χ0) is 14.6. The zero-order valence-corrected chi connectivity index (χ0v) is 11.9. The molecule has 1 rings (SSSR count). The summed E-state index contributed by atoms with van der Waals surface area (Å²) < 4.78 is 14.0. The SMILES string of the molecule is CCC(N)C(=O)Nc1ccc(N(C)C(C)C)c(F)c1. The molecule has 0 saturated heterocycles. The highest BCUT2D eigenvalue weighted by atomic mass is 19.1. The minimum Gasteiger partial charge on any atom is -0.370 e. The molecule has 1 unspecified atom stereocenters. The van der Waals surface area contributed by atoms with E-state index in [0.29, 0.717) is 17.8 Å². The molecule has 0 aromatic heterocycles. The number of benzene rings is 1. The highest BCUT2D eigenvalue weighted by molar-refractivity contribution is 5.94. The molecule has 1 aromatic carbocycles. The summed E-state index contributed by atoms with van der Waals surface area (Å²) in [4.78, 5) is 13.4. The van der Waals surface area contributed by atoms with Crippen LogP contribution in [0, 0.1) is 5.82 Å². The summed E-state index contributed by atoms with van der Waals surface area (Å²) >= 11 is 0. The fraction of sp³-hybridized carbons (Fsp3) is 0.500. The van der Waals surface area contributed by atoms with E-state index in [4.69, 9.17) is 5.73 Å². The molecular formula is C14H22FN3O. The largest absolute Gasteiger partial charge is 0.370 e. The lowest BCUT2D eigenvalue weighted by Crippen LogP contribution is -2.34. The first-order valence-corrected chi connectivity index (χ1v) is 6.45. The van der Waals surface area contributed by atoms with Crippen molar-refractivity contribution in [3.05, 3.63) is 24.0 Å². The highest BCUT2D eigenvalue weighted by Crippen LogP contribution is 2.23. The highest BCUT2D eigenvalue weighted by Gasteiger charge is 2.14. The topological polar surface area (TPSA) is 58.4 Å². The Bertz CT molecular complexity index is 448. The molecule has 1 aromatic rings. The van der Waals surface area contributed by atoms with Crippen LogP contribution in [-0.2, 0) is 4.79 Å². The normalized spacial score (nSPS) is 12.4. The smallest absolute Gasteiger partial charge is 0.241 e. The Morgan fingerprint density at radius 2 is 2.11 bits per heavy atom. The van der Waals surface area contributed by atoms with Crippen molar-refractivity contribution < 1.29 is 9.18 Å². The van der Waals surface area contributed by atoms with E-state index in [0.717, 1.165) is 0 Å². The molecule has 0 heterocycles. The number of carbonyl (C=O) groups is 1. The predicted molar refractivity (Wildman–Crippen MR) is 76.8 cm³/mol. The Morgan fingerprint density at radius 3 is 2.58 bits per heavy atom. The maximum atomic E-state index is 14.0. The average Bonchev–Trinajstić information content (AvgIpc) is 2.37. The summed E-state index contributed by atoms with van der Waals surface area (Å²) in [6.45, 7) is 5.79. The van der Waals surface area contributed by atoms with Gasteiger partial charge in [-0.25, -0.2) is 4.39 Å². The minimum atomic E-state index is -0.568. The van der Waals surface area contributed by atoms with Gasteiger partial charge in [0.05, 0.1) is 11.7 Å². The molecule has 0 aliphatic rings. The lowest BCUT2D eigenvalue weighted by Gasteiger charge is -2.24. The van der Waals surface area contributed by atoms with Crippen molar-refractivity contribution in [1.82, 2.24) is 0 Å². The molecule has 0 radical (unpaired) electrons. The summed E-state index contributed by atoms with van der Waals surface area (Å²) in [5.41, 5.74) is 6.54. The van der Waals surface area contributed by atoms with E-state index in [2.05, 4.69) is 5.32 Å². The van der Waals surface area contributed by atoms with Gasteiger partial charge in [-0.2, -0.15) is 0 Å². The van der Waals surface area contributed by atoms with Crippen molar-refractivity contribution in [2.45, 2.75) is 39.3 Å². The lowest BCUT2D eigenvalue weighted by atomic mass is 10.2. The van der Waals surface area contributed by atoms with Gasteiger partial charge in [-0.3, -0.25) is 4.79 Å². The third-order valence-electron chi connectivity index (χ3n) is 3.15. The standard InChI is InChI=1S/C14H22FN3O/c1-5-12(16)14(19)17-10-6-7-13(11(15)8-10)18(4)9(2)3/h6-9,12H,5,16H2,1-4H3,(H,17,19). The number of amides is 1. The van der Waals surface area contributed by atoms with Gasteiger partial charge in [-0.15, -0.1) is 0 Å². The second-order valence-corrected chi connectivity index (χ2v) is 4.87. The van der Waals surface area contributed by atoms with Gasteiger partial charge in [0.2, 0.25) is 5.91 Å². The van der Waals surface area contributed by atoms with Crippen LogP contribution in [0.15, 0.2) is 18.2 Å². The molecule has 106 valence electrons. The summed E-state index contributed by atoms with van der Waals surface area (Å²) in [7, 11) is 1.83. The maximum Gasteiger partial charge on any atom is 0.241 e. The Hall–Kier alpha value is -1.62. The molecule has 3 N–H and O–H groups in total. The lowest BCUT2D eigenvalue weighted by molar-refractivity contribution is -0.117. The molecule has 0 spiro atoms. The van der Waals surface area contributed by atoms with Gasteiger partial charge in [0.15, 0.2) is 0 Å². The van der Waals surface area contributed by atoms with Crippen LogP contribution in [0.2, 0.25) is 0 Å². The number of hydrogen-bond acceptors (Lipinski definition) is 3. The van der Waals surface area contributed by atoms with E-state index < -0.39 is 6.04 Å². The number of halogens is 1. The van der Waals surface area contributed by atoms with E-state index in [1.807, 2.05) is 32.7 Å². The molecule has 4 nitrogen and oxygen atoms in total. The second-order valence-electron chi connectivity index (χ2n) is 4.87. The molecule has 0 saturated carbocycles. The molecule has 1 amide bonds. The first kappa shape index (κ1) is 15.4. The van der Waals surface area contributed by atoms with Crippen LogP contribution in [0.25, 0.3) is 0 Å². The summed E-state index contributed by atoms with van der Waals surface area (Å²) in [5, 5.41) is 2.61. The van der Waals surface area contributed by atoms with Crippen molar-refractivity contribution in [3.63, 3.8) is 0 Å². The third kappa shape index (κ3) is 3.92. The Morgan fingerprint density at radius 1 is 1.47 bits per heavy atom. The number of nitrogens with two attached hydrogens (primary N) is 1. The van der Waals surface area contributed by atoms with Gasteiger partial charge in [0, 0.05) is 18.8 Å². The van der Waals surface area contributed by atoms with Gasteiger partial charge in [0.1, 0.15) is 5.82 Å². The summed E-state index contributed by atoms with van der Waals surface area (Å²) in [5.74, 6) is -0.661. The van der Waals surface area contributed by atoms with Crippen molar-refractivity contribution in [3.8, 4) is 0 Å². The molecule has 0 aliphatic heterocycles. The third-order valence-corrected chi connectivity index (χ3v) is 3.15. The molecule has 0 aliphatic carbocycles. The van der Waals surface area contributed by atoms with E-state index in [-0.39, 0.29) is 17.8 Å². The number of nitrogens with zero attached hydrogens (tertiary/aromatic N) is 1. The molecular weight excluding hydrogens is 245 g/mol. The van der Waals surface area contributed by atoms with Crippen LogP contribution in [-0.4, -0.2) is 25.0 Å². The minimum absolute atomic E-state index is 0.198. The van der Waals surface area contributed by atoms with E-state index >= 15 is 0 Å².